The van der Waals surface area contributed by atoms with E-state index in [0.29, 0.717) is 37.5 Å². The minimum absolute atomic E-state index is 0.0769. The Hall–Kier alpha value is -2.42. The van der Waals surface area contributed by atoms with E-state index in [0.717, 1.165) is 35.9 Å². The second-order valence-corrected chi connectivity index (χ2v) is 9.61. The molecule has 31 heavy (non-hydrogen) atoms. The summed E-state index contributed by atoms with van der Waals surface area (Å²) in [5, 5.41) is 5.59. The number of anilines is 1. The normalized spacial score (nSPS) is 22.1. The second kappa shape index (κ2) is 8.61. The molecule has 0 unspecified atom stereocenters. The van der Waals surface area contributed by atoms with Crippen molar-refractivity contribution in [3.05, 3.63) is 28.2 Å². The molecule has 0 radical (unpaired) electrons. The molecule has 0 bridgehead atoms. The summed E-state index contributed by atoms with van der Waals surface area (Å²) in [6.45, 7) is 4.03. The van der Waals surface area contributed by atoms with Crippen LogP contribution in [0.1, 0.15) is 78.4 Å². The van der Waals surface area contributed by atoms with Crippen molar-refractivity contribution in [1.29, 1.82) is 0 Å². The number of fused-ring (bicyclic) bond motifs is 1. The Labute approximate surface area is 186 Å². The van der Waals surface area contributed by atoms with Crippen molar-refractivity contribution in [3.63, 3.8) is 0 Å². The third kappa shape index (κ3) is 4.07. The number of aromatic nitrogens is 4. The Kier molecular flexibility index (Phi) is 5.69. The summed E-state index contributed by atoms with van der Waals surface area (Å²) >= 11 is 1.19. The van der Waals surface area contributed by atoms with Gasteiger partial charge in [0.05, 0.1) is 0 Å². The molecule has 0 aromatic carbocycles. The van der Waals surface area contributed by atoms with Crippen LogP contribution in [0.2, 0.25) is 0 Å². The predicted molar refractivity (Wildman–Crippen MR) is 117 cm³/mol. The van der Waals surface area contributed by atoms with Crippen LogP contribution in [0.3, 0.4) is 0 Å². The van der Waals surface area contributed by atoms with Gasteiger partial charge in [-0.05, 0) is 50.1 Å². The number of carbonyl (C=O) groups is 2. The average Bonchev–Trinajstić information content (AvgIpc) is 3.48. The lowest BCUT2D eigenvalue weighted by molar-refractivity contribution is -0.119. The number of likely N-dealkylation sites (tertiary alicyclic amines) is 1. The third-order valence-electron chi connectivity index (χ3n) is 6.94. The van der Waals surface area contributed by atoms with Crippen LogP contribution in [-0.4, -0.2) is 55.9 Å². The molecule has 4 heterocycles. The molecular formula is C22H28N6O2S. The molecule has 1 atom stereocenters. The van der Waals surface area contributed by atoms with E-state index >= 15 is 0 Å². The summed E-state index contributed by atoms with van der Waals surface area (Å²) in [7, 11) is 0. The zero-order chi connectivity index (χ0) is 21.4. The molecule has 3 aliphatic rings. The topological polar surface area (TPSA) is 92.2 Å². The number of carbonyl (C=O) groups excluding carboxylic acids is 2. The Bertz CT molecular complexity index is 973. The Morgan fingerprint density at radius 1 is 1.16 bits per heavy atom. The SMILES string of the molecule is Cc1nc([C@H]2CCN(C(=O)c3csnn3)C2)nc2c1CCC(=O)N2CC1CCCCC1. The minimum Gasteiger partial charge on any atom is -0.336 e. The third-order valence-corrected chi connectivity index (χ3v) is 7.44. The first-order valence-electron chi connectivity index (χ1n) is 11.3. The molecule has 2 aromatic rings. The highest BCUT2D eigenvalue weighted by atomic mass is 32.1. The van der Waals surface area contributed by atoms with Gasteiger partial charge in [0.15, 0.2) is 5.69 Å². The standard InChI is InChI=1S/C22H28N6O2S/c1-14-17-7-8-19(29)28(11-15-5-3-2-4-6-15)21(17)24-20(23-14)16-9-10-27(12-16)22(30)18-13-31-26-25-18/h13,15-16H,2-12H2,1H3/t16-/m0/s1. The van der Waals surface area contributed by atoms with Crippen LogP contribution < -0.4 is 4.90 Å². The van der Waals surface area contributed by atoms with E-state index in [9.17, 15) is 9.59 Å². The zero-order valence-electron chi connectivity index (χ0n) is 17.9. The number of aryl methyl sites for hydroxylation is 1. The van der Waals surface area contributed by atoms with Crippen molar-refractivity contribution in [2.45, 2.75) is 64.2 Å². The summed E-state index contributed by atoms with van der Waals surface area (Å²) in [5.74, 6) is 2.31. The van der Waals surface area contributed by atoms with Gasteiger partial charge in [-0.15, -0.1) is 5.10 Å². The Morgan fingerprint density at radius 2 is 2.00 bits per heavy atom. The van der Waals surface area contributed by atoms with Crippen LogP contribution in [0, 0.1) is 12.8 Å². The number of rotatable bonds is 4. The van der Waals surface area contributed by atoms with Crippen molar-refractivity contribution in [3.8, 4) is 0 Å². The largest absolute Gasteiger partial charge is 0.336 e. The molecular weight excluding hydrogens is 412 g/mol. The first-order chi connectivity index (χ1) is 15.1. The summed E-state index contributed by atoms with van der Waals surface area (Å²) < 4.78 is 3.80. The second-order valence-electron chi connectivity index (χ2n) is 9.00. The van der Waals surface area contributed by atoms with E-state index in [1.807, 2.05) is 16.7 Å². The van der Waals surface area contributed by atoms with E-state index in [2.05, 4.69) is 9.59 Å². The summed E-state index contributed by atoms with van der Waals surface area (Å²) in [6, 6.07) is 0. The van der Waals surface area contributed by atoms with Crippen molar-refractivity contribution in [2.75, 3.05) is 24.5 Å². The average molecular weight is 441 g/mol. The van der Waals surface area contributed by atoms with E-state index < -0.39 is 0 Å². The van der Waals surface area contributed by atoms with Gasteiger partial charge in [-0.1, -0.05) is 23.8 Å². The van der Waals surface area contributed by atoms with Gasteiger partial charge in [-0.2, -0.15) is 0 Å². The van der Waals surface area contributed by atoms with E-state index in [4.69, 9.17) is 9.97 Å². The van der Waals surface area contributed by atoms with Gasteiger partial charge in [0, 0.05) is 48.6 Å². The van der Waals surface area contributed by atoms with Crippen LogP contribution in [0.4, 0.5) is 5.82 Å². The smallest absolute Gasteiger partial charge is 0.275 e. The summed E-state index contributed by atoms with van der Waals surface area (Å²) in [6.07, 6.45) is 8.28. The van der Waals surface area contributed by atoms with Gasteiger partial charge in [0.25, 0.3) is 5.91 Å². The quantitative estimate of drug-likeness (QED) is 0.725. The fraction of sp³-hybridized carbons (Fsp3) is 0.636. The maximum Gasteiger partial charge on any atom is 0.275 e. The van der Waals surface area contributed by atoms with E-state index in [1.165, 1.54) is 43.6 Å². The molecule has 9 heteroatoms. The lowest BCUT2D eigenvalue weighted by Gasteiger charge is -2.33. The highest BCUT2D eigenvalue weighted by Gasteiger charge is 2.34. The first-order valence-corrected chi connectivity index (χ1v) is 12.2. The van der Waals surface area contributed by atoms with E-state index in [-0.39, 0.29) is 17.7 Å². The van der Waals surface area contributed by atoms with Crippen molar-refractivity contribution in [1.82, 2.24) is 24.5 Å². The van der Waals surface area contributed by atoms with Gasteiger partial charge in [-0.25, -0.2) is 9.97 Å². The van der Waals surface area contributed by atoms with Crippen LogP contribution in [0.5, 0.6) is 0 Å². The Morgan fingerprint density at radius 3 is 2.77 bits per heavy atom. The van der Waals surface area contributed by atoms with Crippen molar-refractivity contribution >= 4 is 29.2 Å². The van der Waals surface area contributed by atoms with Gasteiger partial charge in [0.2, 0.25) is 5.91 Å². The summed E-state index contributed by atoms with van der Waals surface area (Å²) in [5.41, 5.74) is 2.48. The minimum atomic E-state index is -0.0833. The molecule has 2 amide bonds. The van der Waals surface area contributed by atoms with Crippen molar-refractivity contribution < 1.29 is 9.59 Å². The lowest BCUT2D eigenvalue weighted by Crippen LogP contribution is -2.40. The van der Waals surface area contributed by atoms with E-state index in [1.54, 1.807) is 5.38 Å². The number of hydrogen-bond donors (Lipinski definition) is 0. The number of hydrogen-bond acceptors (Lipinski definition) is 7. The fourth-order valence-electron chi connectivity index (χ4n) is 5.18. The first kappa shape index (κ1) is 20.5. The molecule has 0 spiro atoms. The van der Waals surface area contributed by atoms with Gasteiger partial charge >= 0.3 is 0 Å². The summed E-state index contributed by atoms with van der Waals surface area (Å²) in [4.78, 5) is 39.0. The lowest BCUT2D eigenvalue weighted by atomic mass is 9.88. The highest BCUT2D eigenvalue weighted by molar-refractivity contribution is 7.03. The van der Waals surface area contributed by atoms with Gasteiger partial charge < -0.3 is 4.90 Å². The maximum absolute atomic E-state index is 12.8. The monoisotopic (exact) mass is 440 g/mol. The molecule has 1 saturated carbocycles. The highest BCUT2D eigenvalue weighted by Crippen LogP contribution is 2.34. The van der Waals surface area contributed by atoms with Gasteiger partial charge in [0.1, 0.15) is 11.6 Å². The molecule has 2 aromatic heterocycles. The molecule has 1 saturated heterocycles. The molecule has 2 aliphatic heterocycles. The maximum atomic E-state index is 12.8. The van der Waals surface area contributed by atoms with Gasteiger partial charge in [-0.3, -0.25) is 14.5 Å². The molecule has 0 N–H and O–H groups in total. The van der Waals surface area contributed by atoms with Crippen LogP contribution in [0.15, 0.2) is 5.38 Å². The molecule has 2 fully saturated rings. The fourth-order valence-corrected chi connectivity index (χ4v) is 5.61. The van der Waals surface area contributed by atoms with Crippen LogP contribution >= 0.6 is 11.5 Å². The Balaban J connectivity index is 1.38. The molecule has 164 valence electrons. The molecule has 8 nitrogen and oxygen atoms in total. The number of nitrogens with zero attached hydrogens (tertiary/aromatic N) is 6. The van der Waals surface area contributed by atoms with Crippen molar-refractivity contribution in [2.24, 2.45) is 5.92 Å². The van der Waals surface area contributed by atoms with Crippen LogP contribution in [-0.2, 0) is 11.2 Å². The molecule has 5 rings (SSSR count). The predicted octanol–water partition coefficient (Wildman–Crippen LogP) is 3.13. The number of amides is 2. The van der Waals surface area contributed by atoms with Crippen LogP contribution in [0.25, 0.3) is 0 Å². The zero-order valence-corrected chi connectivity index (χ0v) is 18.7. The molecule has 1 aliphatic carbocycles.